The van der Waals surface area contributed by atoms with Gasteiger partial charge < -0.3 is 21.3 Å². The van der Waals surface area contributed by atoms with E-state index in [9.17, 15) is 14.0 Å². The van der Waals surface area contributed by atoms with E-state index in [1.807, 2.05) is 42.6 Å². The lowest BCUT2D eigenvalue weighted by atomic mass is 10.1. The van der Waals surface area contributed by atoms with E-state index in [1.54, 1.807) is 27.6 Å². The molecule has 0 bridgehead atoms. The van der Waals surface area contributed by atoms with Gasteiger partial charge in [-0.05, 0) is 42.6 Å². The molecule has 202 valence electrons. The molecule has 3 heterocycles. The van der Waals surface area contributed by atoms with Crippen LogP contribution in [0.25, 0.3) is 28.2 Å². The number of hydrogen-bond donors (Lipinski definition) is 4. The van der Waals surface area contributed by atoms with E-state index in [2.05, 4.69) is 27.2 Å². The first-order valence-electron chi connectivity index (χ1n) is 13.0. The van der Waals surface area contributed by atoms with Crippen LogP contribution in [0.2, 0.25) is 0 Å². The van der Waals surface area contributed by atoms with E-state index in [1.165, 1.54) is 0 Å². The predicted octanol–water partition coefficient (Wildman–Crippen LogP) is 3.04. The number of rotatable bonds is 10. The zero-order valence-corrected chi connectivity index (χ0v) is 21.6. The molecule has 0 radical (unpaired) electrons. The van der Waals surface area contributed by atoms with Gasteiger partial charge >= 0.3 is 0 Å². The van der Waals surface area contributed by atoms with E-state index in [0.717, 1.165) is 42.7 Å². The Labute approximate surface area is 225 Å². The summed E-state index contributed by atoms with van der Waals surface area (Å²) >= 11 is 0. The fourth-order valence-corrected chi connectivity index (χ4v) is 4.66. The fourth-order valence-electron chi connectivity index (χ4n) is 4.66. The number of H-pyrrole nitrogens is 1. The van der Waals surface area contributed by atoms with Crippen LogP contribution in [0.4, 0.5) is 4.39 Å². The van der Waals surface area contributed by atoms with E-state index in [-0.39, 0.29) is 18.0 Å². The molecule has 0 saturated carbocycles. The molecule has 1 aliphatic heterocycles. The summed E-state index contributed by atoms with van der Waals surface area (Å²) < 4.78 is 15.3. The number of aromatic nitrogens is 3. The summed E-state index contributed by atoms with van der Waals surface area (Å²) in [6.07, 6.45) is 3.98. The Kier molecular flexibility index (Phi) is 7.74. The minimum absolute atomic E-state index is 0.146. The van der Waals surface area contributed by atoms with Crippen molar-refractivity contribution in [1.29, 1.82) is 0 Å². The Bertz CT molecular complexity index is 1530. The third-order valence-electron chi connectivity index (χ3n) is 6.79. The van der Waals surface area contributed by atoms with Crippen molar-refractivity contribution in [3.05, 3.63) is 94.8 Å². The average molecular weight is 530 g/mol. The van der Waals surface area contributed by atoms with Crippen molar-refractivity contribution in [3.63, 3.8) is 0 Å². The van der Waals surface area contributed by atoms with Gasteiger partial charge in [-0.2, -0.15) is 0 Å². The molecule has 10 heteroatoms. The van der Waals surface area contributed by atoms with Gasteiger partial charge in [-0.1, -0.05) is 43.0 Å². The Balaban J connectivity index is 1.26. The monoisotopic (exact) mass is 529 g/mol. The van der Waals surface area contributed by atoms with Gasteiger partial charge in [0.2, 0.25) is 5.78 Å². The minimum atomic E-state index is -0.949. The van der Waals surface area contributed by atoms with Crippen LogP contribution in [0.3, 0.4) is 0 Å². The van der Waals surface area contributed by atoms with Crippen molar-refractivity contribution in [3.8, 4) is 22.4 Å². The number of aromatic amines is 1. The third-order valence-corrected chi connectivity index (χ3v) is 6.79. The van der Waals surface area contributed by atoms with Crippen LogP contribution in [0.15, 0.2) is 78.1 Å². The molecule has 39 heavy (non-hydrogen) atoms. The van der Waals surface area contributed by atoms with Crippen molar-refractivity contribution in [2.45, 2.75) is 25.6 Å². The molecule has 5 rings (SSSR count). The van der Waals surface area contributed by atoms with Crippen LogP contribution in [0.5, 0.6) is 0 Å². The molecule has 1 unspecified atom stereocenters. The van der Waals surface area contributed by atoms with Crippen LogP contribution in [-0.4, -0.2) is 57.5 Å². The van der Waals surface area contributed by atoms with E-state index in [4.69, 9.17) is 5.73 Å². The summed E-state index contributed by atoms with van der Waals surface area (Å²) in [5, 5.41) is 6.38. The quantitative estimate of drug-likeness (QED) is 0.235. The molecule has 0 aliphatic carbocycles. The zero-order chi connectivity index (χ0) is 27.4. The molecule has 5 N–H and O–H groups in total. The molecule has 1 aliphatic rings. The lowest BCUT2D eigenvalue weighted by molar-refractivity contribution is 0.0783. The summed E-state index contributed by atoms with van der Waals surface area (Å²) in [4.78, 5) is 34.4. The van der Waals surface area contributed by atoms with Gasteiger partial charge in [0.1, 0.15) is 6.17 Å². The van der Waals surface area contributed by atoms with Crippen molar-refractivity contribution >= 4 is 11.7 Å². The highest BCUT2D eigenvalue weighted by Gasteiger charge is 2.26. The van der Waals surface area contributed by atoms with Gasteiger partial charge in [0.25, 0.3) is 11.5 Å². The number of hydrogen-bond acceptors (Lipinski definition) is 6. The standard InChI is InChI=1S/C29H32FN7O2/c1-19(31)33-13-2-12-32-15-20-3-5-21(6-4-20)25-17-37-18-26(34-29(37)35-27(25)38)22-7-9-23(10-8-22)28(39)36-14-11-24(30)16-36/h3-10,17-18,24,32-33H,1-2,11-16,31H2,(H,34,35,38). The number of likely N-dealkylation sites (tertiary alicyclic amines) is 1. The number of nitrogens with two attached hydrogens (primary N) is 1. The number of halogens is 1. The molecular formula is C29H32FN7O2. The first-order valence-corrected chi connectivity index (χ1v) is 13.0. The number of amides is 1. The molecule has 0 spiro atoms. The number of carbonyl (C=O) groups is 1. The number of fused-ring (bicyclic) bond motifs is 1. The summed E-state index contributed by atoms with van der Waals surface area (Å²) in [7, 11) is 0. The molecule has 1 atom stereocenters. The molecule has 2 aromatic heterocycles. The topological polar surface area (TPSA) is 121 Å². The Hall–Kier alpha value is -4.44. The molecule has 1 saturated heterocycles. The minimum Gasteiger partial charge on any atom is -0.386 e. The predicted molar refractivity (Wildman–Crippen MR) is 150 cm³/mol. The highest BCUT2D eigenvalue weighted by Crippen LogP contribution is 2.23. The van der Waals surface area contributed by atoms with Crippen molar-refractivity contribution in [1.82, 2.24) is 29.9 Å². The lowest BCUT2D eigenvalue weighted by Crippen LogP contribution is -2.28. The summed E-state index contributed by atoms with van der Waals surface area (Å²) in [5.41, 5.74) is 9.72. The van der Waals surface area contributed by atoms with E-state index < -0.39 is 6.17 Å². The number of nitrogens with one attached hydrogen (secondary N) is 3. The van der Waals surface area contributed by atoms with Crippen LogP contribution in [-0.2, 0) is 6.54 Å². The zero-order valence-electron chi connectivity index (χ0n) is 21.6. The second kappa shape index (κ2) is 11.5. The number of benzene rings is 2. The first kappa shape index (κ1) is 26.2. The highest BCUT2D eigenvalue weighted by molar-refractivity contribution is 5.94. The van der Waals surface area contributed by atoms with Crippen LogP contribution < -0.4 is 21.9 Å². The molecule has 1 amide bonds. The number of alkyl halides is 1. The largest absolute Gasteiger partial charge is 0.386 e. The molecular weight excluding hydrogens is 497 g/mol. The molecule has 1 fully saturated rings. The second-order valence-corrected chi connectivity index (χ2v) is 9.75. The van der Waals surface area contributed by atoms with Crippen molar-refractivity contribution in [2.75, 3.05) is 26.2 Å². The van der Waals surface area contributed by atoms with Crippen LogP contribution >= 0.6 is 0 Å². The van der Waals surface area contributed by atoms with Gasteiger partial charge in [0.05, 0.1) is 23.6 Å². The molecule has 2 aromatic carbocycles. The van der Waals surface area contributed by atoms with Gasteiger partial charge in [-0.3, -0.25) is 19.0 Å². The summed E-state index contributed by atoms with van der Waals surface area (Å²) in [6.45, 7) is 6.54. The van der Waals surface area contributed by atoms with Crippen LogP contribution in [0, 0.1) is 0 Å². The van der Waals surface area contributed by atoms with Crippen molar-refractivity contribution in [2.24, 2.45) is 5.73 Å². The van der Waals surface area contributed by atoms with Gasteiger partial charge in [0, 0.05) is 43.2 Å². The molecule has 4 aromatic rings. The summed E-state index contributed by atoms with van der Waals surface area (Å²) in [5.74, 6) is 0.738. The normalized spacial score (nSPS) is 15.1. The Morgan fingerprint density at radius 1 is 1.10 bits per heavy atom. The fraction of sp³-hybridized carbons (Fsp3) is 0.276. The Morgan fingerprint density at radius 2 is 1.85 bits per heavy atom. The third kappa shape index (κ3) is 6.18. The number of carbonyl (C=O) groups excluding carboxylic acids is 1. The first-order chi connectivity index (χ1) is 18.9. The highest BCUT2D eigenvalue weighted by atomic mass is 19.1. The number of nitrogens with zero attached hydrogens (tertiary/aromatic N) is 3. The lowest BCUT2D eigenvalue weighted by Gasteiger charge is -2.15. The maximum absolute atomic E-state index is 13.5. The van der Waals surface area contributed by atoms with Crippen molar-refractivity contribution < 1.29 is 9.18 Å². The van der Waals surface area contributed by atoms with Gasteiger partial charge in [-0.25, -0.2) is 9.37 Å². The average Bonchev–Trinajstić information content (AvgIpc) is 3.56. The van der Waals surface area contributed by atoms with Crippen LogP contribution in [0.1, 0.15) is 28.8 Å². The SMILES string of the molecule is C=C(N)NCCCNCc1ccc(-c2cn3cc(-c4ccc(C(=O)N5CCC(F)C5)cc4)nc3[nH]c2=O)cc1. The van der Waals surface area contributed by atoms with E-state index in [0.29, 0.717) is 41.4 Å². The Morgan fingerprint density at radius 3 is 2.54 bits per heavy atom. The summed E-state index contributed by atoms with van der Waals surface area (Å²) in [6, 6.07) is 15.0. The van der Waals surface area contributed by atoms with Gasteiger partial charge in [0.15, 0.2) is 0 Å². The molecule has 9 nitrogen and oxygen atoms in total. The second-order valence-electron chi connectivity index (χ2n) is 9.75. The van der Waals surface area contributed by atoms with E-state index >= 15 is 0 Å². The maximum atomic E-state index is 13.5. The van der Waals surface area contributed by atoms with Gasteiger partial charge in [-0.15, -0.1) is 0 Å². The smallest absolute Gasteiger partial charge is 0.260 e. The number of imidazole rings is 1. The maximum Gasteiger partial charge on any atom is 0.260 e.